The molecule has 0 fully saturated rings. The molecule has 28 heavy (non-hydrogen) atoms. The van der Waals surface area contributed by atoms with Crippen LogP contribution < -0.4 is 5.56 Å². The molecule has 7 nitrogen and oxygen atoms in total. The molecule has 0 aliphatic heterocycles. The van der Waals surface area contributed by atoms with Crippen LogP contribution in [0, 0.1) is 13.8 Å². The molecular formula is C18H19F3N4O3. The highest BCUT2D eigenvalue weighted by Gasteiger charge is 2.38. The maximum Gasteiger partial charge on any atom is 0.490 e. The zero-order valence-electron chi connectivity index (χ0n) is 15.6. The summed E-state index contributed by atoms with van der Waals surface area (Å²) >= 11 is 0. The zero-order chi connectivity index (χ0) is 21.2. The van der Waals surface area contributed by atoms with E-state index in [1.165, 1.54) is 0 Å². The van der Waals surface area contributed by atoms with Crippen molar-refractivity contribution in [2.45, 2.75) is 39.8 Å². The Balaban J connectivity index is 0.000000345. The van der Waals surface area contributed by atoms with E-state index in [1.54, 1.807) is 0 Å². The van der Waals surface area contributed by atoms with Crippen LogP contribution in [0.2, 0.25) is 0 Å². The Morgan fingerprint density at radius 2 is 1.82 bits per heavy atom. The molecule has 10 heteroatoms. The number of carbonyl (C=O) groups is 1. The minimum atomic E-state index is -5.08. The largest absolute Gasteiger partial charge is 0.490 e. The lowest BCUT2D eigenvalue weighted by Gasteiger charge is -2.07. The molecule has 3 rings (SSSR count). The summed E-state index contributed by atoms with van der Waals surface area (Å²) in [5.74, 6) is -1.84. The quantitative estimate of drug-likeness (QED) is 0.612. The third kappa shape index (κ3) is 4.56. The second-order valence-corrected chi connectivity index (χ2v) is 6.45. The number of aromatic nitrogens is 4. The number of hydrogen-bond acceptors (Lipinski definition) is 4. The van der Waals surface area contributed by atoms with Crippen molar-refractivity contribution in [3.05, 3.63) is 45.8 Å². The molecule has 0 saturated carbocycles. The first-order valence-corrected chi connectivity index (χ1v) is 8.27. The Morgan fingerprint density at radius 1 is 1.21 bits per heavy atom. The minimum Gasteiger partial charge on any atom is -0.475 e. The standard InChI is InChI=1S/C16H18N4O.C2HF3O2/c1-8(2)15-17-13-6-5-11(7-12(13)16(21)18-15)14-9(3)19-20-10(14)4;3-2(4,5)1(6)7/h5-8H,1-4H3,(H,19,20)(H,17,18,21);(H,6,7). The van der Waals surface area contributed by atoms with Crippen LogP contribution in [0.4, 0.5) is 13.2 Å². The van der Waals surface area contributed by atoms with E-state index in [0.29, 0.717) is 5.39 Å². The number of fused-ring (bicyclic) bond motifs is 1. The molecule has 1 aromatic carbocycles. The molecule has 0 bridgehead atoms. The molecule has 0 aliphatic carbocycles. The van der Waals surface area contributed by atoms with Crippen molar-refractivity contribution in [2.24, 2.45) is 0 Å². The van der Waals surface area contributed by atoms with Crippen LogP contribution in [0.5, 0.6) is 0 Å². The highest BCUT2D eigenvalue weighted by molar-refractivity contribution is 5.84. The lowest BCUT2D eigenvalue weighted by Crippen LogP contribution is -2.21. The molecule has 0 atom stereocenters. The molecule has 0 saturated heterocycles. The second-order valence-electron chi connectivity index (χ2n) is 6.45. The van der Waals surface area contributed by atoms with Gasteiger partial charge in [0.25, 0.3) is 5.56 Å². The molecule has 3 aromatic rings. The number of H-pyrrole nitrogens is 2. The van der Waals surface area contributed by atoms with Gasteiger partial charge in [0.15, 0.2) is 0 Å². The number of hydrogen-bond donors (Lipinski definition) is 3. The van der Waals surface area contributed by atoms with Gasteiger partial charge in [0, 0.05) is 17.2 Å². The van der Waals surface area contributed by atoms with Gasteiger partial charge >= 0.3 is 12.1 Å². The molecule has 0 unspecified atom stereocenters. The third-order valence-electron chi connectivity index (χ3n) is 3.93. The van der Waals surface area contributed by atoms with Crippen LogP contribution in [0.25, 0.3) is 22.0 Å². The number of aryl methyl sites for hydroxylation is 2. The van der Waals surface area contributed by atoms with Gasteiger partial charge in [-0.2, -0.15) is 18.3 Å². The highest BCUT2D eigenvalue weighted by Crippen LogP contribution is 2.27. The van der Waals surface area contributed by atoms with Gasteiger partial charge in [-0.3, -0.25) is 9.89 Å². The summed E-state index contributed by atoms with van der Waals surface area (Å²) in [6.07, 6.45) is -5.08. The number of nitrogens with zero attached hydrogens (tertiary/aromatic N) is 2. The number of aromatic amines is 2. The Morgan fingerprint density at radius 3 is 2.29 bits per heavy atom. The van der Waals surface area contributed by atoms with Crippen molar-refractivity contribution >= 4 is 16.9 Å². The van der Waals surface area contributed by atoms with E-state index in [1.807, 2.05) is 45.9 Å². The predicted molar refractivity (Wildman–Crippen MR) is 97.2 cm³/mol. The fourth-order valence-electron chi connectivity index (χ4n) is 2.56. The molecule has 0 radical (unpaired) electrons. The Hall–Kier alpha value is -3.17. The molecule has 2 heterocycles. The van der Waals surface area contributed by atoms with Crippen molar-refractivity contribution in [1.29, 1.82) is 0 Å². The van der Waals surface area contributed by atoms with E-state index >= 15 is 0 Å². The van der Waals surface area contributed by atoms with Crippen LogP contribution in [-0.4, -0.2) is 37.4 Å². The van der Waals surface area contributed by atoms with Crippen molar-refractivity contribution in [3.8, 4) is 11.1 Å². The molecule has 2 aromatic heterocycles. The topological polar surface area (TPSA) is 112 Å². The van der Waals surface area contributed by atoms with Gasteiger partial charge < -0.3 is 10.1 Å². The van der Waals surface area contributed by atoms with E-state index in [2.05, 4.69) is 20.2 Å². The summed E-state index contributed by atoms with van der Waals surface area (Å²) in [7, 11) is 0. The van der Waals surface area contributed by atoms with E-state index in [4.69, 9.17) is 9.90 Å². The number of carboxylic acid groups (broad SMARTS) is 1. The number of benzene rings is 1. The summed E-state index contributed by atoms with van der Waals surface area (Å²) in [5, 5.41) is 14.9. The van der Waals surface area contributed by atoms with Gasteiger partial charge in [0.2, 0.25) is 0 Å². The number of nitrogens with one attached hydrogen (secondary N) is 2. The predicted octanol–water partition coefficient (Wildman–Crippen LogP) is 3.69. The van der Waals surface area contributed by atoms with Gasteiger partial charge in [-0.1, -0.05) is 19.9 Å². The molecule has 3 N–H and O–H groups in total. The Kier molecular flexibility index (Phi) is 5.91. The summed E-state index contributed by atoms with van der Waals surface area (Å²) in [6, 6.07) is 5.78. The highest BCUT2D eigenvalue weighted by atomic mass is 19.4. The molecule has 0 amide bonds. The summed E-state index contributed by atoms with van der Waals surface area (Å²) in [4.78, 5) is 28.6. The molecular weight excluding hydrogens is 377 g/mol. The maximum absolute atomic E-state index is 12.3. The Labute approximate surface area is 157 Å². The maximum atomic E-state index is 12.3. The van der Waals surface area contributed by atoms with Crippen LogP contribution in [-0.2, 0) is 4.79 Å². The summed E-state index contributed by atoms with van der Waals surface area (Å²) < 4.78 is 31.7. The van der Waals surface area contributed by atoms with E-state index in [9.17, 15) is 18.0 Å². The fraction of sp³-hybridized carbons (Fsp3) is 0.333. The second kappa shape index (κ2) is 7.83. The average Bonchev–Trinajstić information content (AvgIpc) is 2.93. The number of halogens is 3. The SMILES string of the molecule is Cc1n[nH]c(C)c1-c1ccc2nc(C(C)C)[nH]c(=O)c2c1.O=C(O)C(F)(F)F. The molecule has 0 spiro atoms. The lowest BCUT2D eigenvalue weighted by molar-refractivity contribution is -0.192. The Bertz CT molecular complexity index is 1050. The number of aliphatic carboxylic acids is 1. The first kappa shape index (κ1) is 21.1. The van der Waals surface area contributed by atoms with Gasteiger partial charge in [-0.25, -0.2) is 9.78 Å². The number of alkyl halides is 3. The number of carboxylic acids is 1. The van der Waals surface area contributed by atoms with Crippen molar-refractivity contribution < 1.29 is 23.1 Å². The summed E-state index contributed by atoms with van der Waals surface area (Å²) in [5.41, 5.74) is 4.58. The molecule has 150 valence electrons. The van der Waals surface area contributed by atoms with Crippen molar-refractivity contribution in [2.75, 3.05) is 0 Å². The van der Waals surface area contributed by atoms with Gasteiger partial charge in [0.1, 0.15) is 5.82 Å². The van der Waals surface area contributed by atoms with Gasteiger partial charge in [-0.05, 0) is 31.5 Å². The van der Waals surface area contributed by atoms with Crippen LogP contribution >= 0.6 is 0 Å². The van der Waals surface area contributed by atoms with E-state index in [0.717, 1.165) is 33.9 Å². The first-order valence-electron chi connectivity index (χ1n) is 8.27. The average molecular weight is 396 g/mol. The monoisotopic (exact) mass is 396 g/mol. The lowest BCUT2D eigenvalue weighted by atomic mass is 10.0. The number of rotatable bonds is 2. The minimum absolute atomic E-state index is 0.0932. The summed E-state index contributed by atoms with van der Waals surface area (Å²) in [6.45, 7) is 7.95. The van der Waals surface area contributed by atoms with Crippen LogP contribution in [0.3, 0.4) is 0 Å². The first-order chi connectivity index (χ1) is 12.9. The molecule has 0 aliphatic rings. The van der Waals surface area contributed by atoms with Crippen LogP contribution in [0.15, 0.2) is 23.0 Å². The van der Waals surface area contributed by atoms with Gasteiger partial charge in [-0.15, -0.1) is 0 Å². The normalized spacial score (nSPS) is 11.4. The van der Waals surface area contributed by atoms with E-state index < -0.39 is 12.1 Å². The smallest absolute Gasteiger partial charge is 0.475 e. The zero-order valence-corrected chi connectivity index (χ0v) is 15.6. The van der Waals surface area contributed by atoms with E-state index in [-0.39, 0.29) is 11.5 Å². The third-order valence-corrected chi connectivity index (χ3v) is 3.93. The van der Waals surface area contributed by atoms with Gasteiger partial charge in [0.05, 0.1) is 16.6 Å². The fourth-order valence-corrected chi connectivity index (χ4v) is 2.56. The van der Waals surface area contributed by atoms with Crippen LogP contribution in [0.1, 0.15) is 37.0 Å². The van der Waals surface area contributed by atoms with Crippen molar-refractivity contribution in [3.63, 3.8) is 0 Å². The van der Waals surface area contributed by atoms with Crippen molar-refractivity contribution in [1.82, 2.24) is 20.2 Å².